The molecule has 2 heterocycles. The van der Waals surface area contributed by atoms with E-state index in [4.69, 9.17) is 13.9 Å². The van der Waals surface area contributed by atoms with E-state index in [-0.39, 0.29) is 18.3 Å². The van der Waals surface area contributed by atoms with Crippen molar-refractivity contribution in [3.8, 4) is 0 Å². The number of carbonyl (C=O) groups is 1. The molecule has 0 bridgehead atoms. The highest BCUT2D eigenvalue weighted by atomic mass is 28.4. The van der Waals surface area contributed by atoms with Crippen LogP contribution in [0, 0.1) is 5.92 Å². The summed E-state index contributed by atoms with van der Waals surface area (Å²) in [6.07, 6.45) is -2.62. The summed E-state index contributed by atoms with van der Waals surface area (Å²) in [5.41, 5.74) is -1.38. The lowest BCUT2D eigenvalue weighted by molar-refractivity contribution is -0.143. The van der Waals surface area contributed by atoms with Crippen LogP contribution in [0.4, 0.5) is 4.39 Å². The van der Waals surface area contributed by atoms with Gasteiger partial charge in [-0.2, -0.15) is 0 Å². The quantitative estimate of drug-likeness (QED) is 0.348. The summed E-state index contributed by atoms with van der Waals surface area (Å²) in [6.45, 7) is 7.41. The van der Waals surface area contributed by atoms with Crippen LogP contribution in [0.1, 0.15) is 33.9 Å². The van der Waals surface area contributed by atoms with Crippen LogP contribution in [0.5, 0.6) is 0 Å². The number of esters is 1. The van der Waals surface area contributed by atoms with E-state index in [9.17, 15) is 14.4 Å². The minimum Gasteiger partial charge on any atom is -0.465 e. The van der Waals surface area contributed by atoms with Crippen LogP contribution in [0.25, 0.3) is 0 Å². The molecular weight excluding hydrogens is 507 g/mol. The minimum absolute atomic E-state index is 0.00817. The molecular formula is C28H33FN2O6Si. The Morgan fingerprint density at radius 2 is 1.58 bits per heavy atom. The third-order valence-electron chi connectivity index (χ3n) is 6.96. The number of rotatable bonds is 8. The normalized spacial score (nSPS) is 21.8. The van der Waals surface area contributed by atoms with Crippen LogP contribution in [-0.4, -0.2) is 49.3 Å². The smallest absolute Gasteiger partial charge is 0.330 e. The lowest BCUT2D eigenvalue weighted by atomic mass is 10.0. The van der Waals surface area contributed by atoms with Gasteiger partial charge in [-0.15, -0.1) is 0 Å². The topological polar surface area (TPSA) is 99.6 Å². The molecule has 1 aliphatic heterocycles. The molecule has 8 nitrogen and oxygen atoms in total. The molecule has 0 unspecified atom stereocenters. The lowest BCUT2D eigenvalue weighted by Gasteiger charge is -2.43. The van der Waals surface area contributed by atoms with Crippen molar-refractivity contribution in [3.05, 3.63) is 93.8 Å². The Kier molecular flexibility index (Phi) is 8.15. The maximum Gasteiger partial charge on any atom is 0.330 e. The highest BCUT2D eigenvalue weighted by Crippen LogP contribution is 2.40. The molecule has 0 amide bonds. The number of alkyl halides is 1. The van der Waals surface area contributed by atoms with Crippen molar-refractivity contribution in [2.45, 2.75) is 51.2 Å². The Bertz CT molecular complexity index is 1320. The molecule has 1 fully saturated rings. The zero-order valence-corrected chi connectivity index (χ0v) is 22.9. The van der Waals surface area contributed by atoms with Gasteiger partial charge in [0.25, 0.3) is 13.9 Å². The van der Waals surface area contributed by atoms with Crippen molar-refractivity contribution in [1.29, 1.82) is 0 Å². The molecule has 2 aromatic carbocycles. The Morgan fingerprint density at radius 3 is 2.08 bits per heavy atom. The molecule has 1 N–H and O–H groups in total. The Balaban J connectivity index is 1.73. The van der Waals surface area contributed by atoms with Crippen molar-refractivity contribution in [2.24, 2.45) is 5.92 Å². The largest absolute Gasteiger partial charge is 0.465 e. The van der Waals surface area contributed by atoms with E-state index in [0.29, 0.717) is 0 Å². The van der Waals surface area contributed by atoms with Crippen LogP contribution in [0.3, 0.4) is 0 Å². The Labute approximate surface area is 221 Å². The molecule has 1 aromatic heterocycles. The first-order valence-electron chi connectivity index (χ1n) is 12.5. The van der Waals surface area contributed by atoms with Crippen LogP contribution in [-0.2, 0) is 18.7 Å². The number of carbonyl (C=O) groups excluding carboxylic acids is 1. The number of aromatic nitrogens is 2. The summed E-state index contributed by atoms with van der Waals surface area (Å²) in [4.78, 5) is 37.7. The second-order valence-electron chi connectivity index (χ2n) is 10.5. The predicted octanol–water partition coefficient (Wildman–Crippen LogP) is 2.53. The number of halogens is 1. The summed E-state index contributed by atoms with van der Waals surface area (Å²) in [5, 5.41) is 1.79. The first kappa shape index (κ1) is 27.7. The van der Waals surface area contributed by atoms with Gasteiger partial charge in [-0.3, -0.25) is 19.1 Å². The zero-order valence-electron chi connectivity index (χ0n) is 21.9. The highest BCUT2D eigenvalue weighted by Gasteiger charge is 2.53. The van der Waals surface area contributed by atoms with Gasteiger partial charge >= 0.3 is 11.7 Å². The number of hydrogen-bond donors (Lipinski definition) is 1. The fourth-order valence-electron chi connectivity index (χ4n) is 5.16. The highest BCUT2D eigenvalue weighted by molar-refractivity contribution is 6.99. The maximum atomic E-state index is 15.8. The molecule has 4 atom stereocenters. The fourth-order valence-corrected chi connectivity index (χ4v) is 9.73. The number of nitrogens with zero attached hydrogens (tertiary/aromatic N) is 1. The van der Waals surface area contributed by atoms with E-state index >= 15 is 4.39 Å². The molecule has 1 saturated heterocycles. The Morgan fingerprint density at radius 1 is 1.00 bits per heavy atom. The summed E-state index contributed by atoms with van der Waals surface area (Å²) >= 11 is 0. The van der Waals surface area contributed by atoms with E-state index in [1.54, 1.807) is 0 Å². The lowest BCUT2D eigenvalue weighted by Crippen LogP contribution is -2.67. The van der Waals surface area contributed by atoms with Gasteiger partial charge in [0, 0.05) is 19.2 Å². The van der Waals surface area contributed by atoms with Gasteiger partial charge in [0.15, 0.2) is 12.4 Å². The number of hydrogen-bond acceptors (Lipinski definition) is 6. The first-order valence-corrected chi connectivity index (χ1v) is 14.4. The van der Waals surface area contributed by atoms with Crippen LogP contribution < -0.4 is 21.6 Å². The fraction of sp³-hybridized carbons (Fsp3) is 0.393. The standard InChI is InChI=1S/C28H33FN2O6Si/c1-19(32)35-17-22-23(37-26(25(22)29)31-16-15-24(33)30-27(31)34)18-36-38(28(2,3)4,20-11-7-5-8-12-20)21-13-9-6-10-14-21/h5-16,22-23,25-26H,17-18H2,1-4H3,(H,30,33,34)/t22-,23-,25-,26-/m1/s1. The number of nitrogens with one attached hydrogen (secondary N) is 1. The molecule has 0 spiro atoms. The average molecular weight is 541 g/mol. The van der Waals surface area contributed by atoms with Crippen LogP contribution in [0.15, 0.2) is 82.5 Å². The summed E-state index contributed by atoms with van der Waals surface area (Å²) in [6, 6.07) is 21.1. The number of H-pyrrole nitrogens is 1. The molecule has 0 aliphatic carbocycles. The molecule has 0 saturated carbocycles. The SMILES string of the molecule is CC(=O)OC[C@H]1[C@@H](F)[C@H](n2ccc(=O)[nH]c2=O)O[C@@H]1CO[Si](c1ccccc1)(c1ccccc1)C(C)(C)C. The van der Waals surface area contributed by atoms with E-state index in [1.807, 2.05) is 36.4 Å². The molecule has 1 aliphatic rings. The monoisotopic (exact) mass is 540 g/mol. The van der Waals surface area contributed by atoms with Crippen molar-refractivity contribution in [2.75, 3.05) is 13.2 Å². The molecule has 10 heteroatoms. The van der Waals surface area contributed by atoms with E-state index in [1.165, 1.54) is 13.1 Å². The summed E-state index contributed by atoms with van der Waals surface area (Å²) < 4.78 is 35.0. The van der Waals surface area contributed by atoms with Gasteiger partial charge < -0.3 is 13.9 Å². The average Bonchev–Trinajstić information content (AvgIpc) is 3.18. The molecule has 4 rings (SSSR count). The van der Waals surface area contributed by atoms with Crippen molar-refractivity contribution in [3.63, 3.8) is 0 Å². The summed E-state index contributed by atoms with van der Waals surface area (Å²) in [7, 11) is -2.96. The number of benzene rings is 2. The molecule has 3 aromatic rings. The van der Waals surface area contributed by atoms with E-state index in [2.05, 4.69) is 50.0 Å². The zero-order chi connectivity index (χ0) is 27.5. The van der Waals surface area contributed by atoms with Gasteiger partial charge in [0.05, 0.1) is 25.2 Å². The van der Waals surface area contributed by atoms with Crippen molar-refractivity contribution < 1.29 is 23.1 Å². The van der Waals surface area contributed by atoms with Crippen molar-refractivity contribution in [1.82, 2.24) is 9.55 Å². The van der Waals surface area contributed by atoms with Gasteiger partial charge in [0.1, 0.15) is 0 Å². The Hall–Kier alpha value is -3.34. The van der Waals surface area contributed by atoms with E-state index < -0.39 is 50.0 Å². The minimum atomic E-state index is -2.96. The van der Waals surface area contributed by atoms with Crippen LogP contribution in [0.2, 0.25) is 5.04 Å². The van der Waals surface area contributed by atoms with Gasteiger partial charge in [-0.05, 0) is 15.4 Å². The van der Waals surface area contributed by atoms with Gasteiger partial charge in [0.2, 0.25) is 0 Å². The third-order valence-corrected chi connectivity index (χ3v) is 12.0. The predicted molar refractivity (Wildman–Crippen MR) is 144 cm³/mol. The second kappa shape index (κ2) is 11.2. The summed E-state index contributed by atoms with van der Waals surface area (Å²) in [5.74, 6) is -1.44. The van der Waals surface area contributed by atoms with Crippen molar-refractivity contribution >= 4 is 24.7 Å². The van der Waals surface area contributed by atoms with Gasteiger partial charge in [-0.1, -0.05) is 81.4 Å². The van der Waals surface area contributed by atoms with Gasteiger partial charge in [-0.25, -0.2) is 9.18 Å². The number of aromatic amines is 1. The maximum absolute atomic E-state index is 15.8. The molecule has 202 valence electrons. The van der Waals surface area contributed by atoms with Crippen LogP contribution >= 0.6 is 0 Å². The third kappa shape index (κ3) is 5.43. The first-order chi connectivity index (χ1) is 18.0. The molecule has 0 radical (unpaired) electrons. The number of ether oxygens (including phenoxy) is 2. The second-order valence-corrected chi connectivity index (χ2v) is 14.8. The van der Waals surface area contributed by atoms with E-state index in [0.717, 1.165) is 21.0 Å². The molecule has 38 heavy (non-hydrogen) atoms.